The standard InChI is InChI=1S/C19H29F3O4/c1-2-3-6-13-9-23-17(24-10-13)14-11-25-18(26-12-14)15-7-4-5-8-16(15)19(20,21)22/h5,8,13-18H,2-4,6-7,9-12H2,1H3. The summed E-state index contributed by atoms with van der Waals surface area (Å²) in [5, 5.41) is 0. The van der Waals surface area contributed by atoms with Crippen molar-refractivity contribution in [2.75, 3.05) is 26.4 Å². The zero-order chi connectivity index (χ0) is 18.6. The van der Waals surface area contributed by atoms with E-state index in [1.165, 1.54) is 6.08 Å². The Morgan fingerprint density at radius 2 is 1.62 bits per heavy atom. The number of hydrogen-bond donors (Lipinski definition) is 0. The third-order valence-electron chi connectivity index (χ3n) is 5.49. The van der Waals surface area contributed by atoms with E-state index in [2.05, 4.69) is 6.92 Å². The Morgan fingerprint density at radius 1 is 0.962 bits per heavy atom. The van der Waals surface area contributed by atoms with Gasteiger partial charge >= 0.3 is 6.18 Å². The third kappa shape index (κ3) is 5.00. The van der Waals surface area contributed by atoms with E-state index in [9.17, 15) is 13.2 Å². The van der Waals surface area contributed by atoms with Crippen LogP contribution in [0.2, 0.25) is 0 Å². The molecular weight excluding hydrogens is 349 g/mol. The van der Waals surface area contributed by atoms with Crippen LogP contribution in [0.5, 0.6) is 0 Å². The average Bonchev–Trinajstić information content (AvgIpc) is 2.66. The van der Waals surface area contributed by atoms with Crippen molar-refractivity contribution in [2.24, 2.45) is 23.7 Å². The van der Waals surface area contributed by atoms with E-state index in [-0.39, 0.29) is 5.92 Å². The van der Waals surface area contributed by atoms with Crippen LogP contribution in [0.4, 0.5) is 13.2 Å². The van der Waals surface area contributed by atoms with Gasteiger partial charge in [0.25, 0.3) is 0 Å². The lowest BCUT2D eigenvalue weighted by Gasteiger charge is -2.41. The van der Waals surface area contributed by atoms with Crippen molar-refractivity contribution in [3.8, 4) is 0 Å². The van der Waals surface area contributed by atoms with Gasteiger partial charge in [-0.05, 0) is 19.3 Å². The highest BCUT2D eigenvalue weighted by atomic mass is 19.4. The van der Waals surface area contributed by atoms with Gasteiger partial charge in [0.15, 0.2) is 12.6 Å². The first-order valence-electron chi connectivity index (χ1n) is 9.68. The molecule has 26 heavy (non-hydrogen) atoms. The zero-order valence-electron chi connectivity index (χ0n) is 15.2. The number of ether oxygens (including phenoxy) is 4. The van der Waals surface area contributed by atoms with Crippen molar-refractivity contribution in [1.82, 2.24) is 0 Å². The van der Waals surface area contributed by atoms with E-state index in [0.29, 0.717) is 45.2 Å². The van der Waals surface area contributed by atoms with Gasteiger partial charge in [0.1, 0.15) is 0 Å². The molecule has 0 aromatic rings. The maximum Gasteiger partial charge on any atom is 0.395 e. The first-order chi connectivity index (χ1) is 12.5. The summed E-state index contributed by atoms with van der Waals surface area (Å²) in [6, 6.07) is 0. The molecule has 7 heteroatoms. The number of allylic oxidation sites excluding steroid dienone is 2. The Morgan fingerprint density at radius 3 is 2.23 bits per heavy atom. The highest BCUT2D eigenvalue weighted by molar-refractivity contribution is 5.01. The molecule has 2 saturated heterocycles. The molecule has 0 aromatic heterocycles. The highest BCUT2D eigenvalue weighted by Crippen LogP contribution is 2.41. The summed E-state index contributed by atoms with van der Waals surface area (Å²) in [5.41, 5.74) is 0. The summed E-state index contributed by atoms with van der Waals surface area (Å²) in [4.78, 5) is 0. The molecule has 0 N–H and O–H groups in total. The molecular formula is C19H29F3O4. The molecule has 2 atom stereocenters. The molecule has 0 amide bonds. The molecule has 0 radical (unpaired) electrons. The quantitative estimate of drug-likeness (QED) is 0.669. The summed E-state index contributed by atoms with van der Waals surface area (Å²) >= 11 is 0. The number of halogens is 3. The molecule has 2 unspecified atom stereocenters. The normalized spacial score (nSPS) is 39.1. The van der Waals surface area contributed by atoms with Crippen LogP contribution in [0.25, 0.3) is 0 Å². The predicted octanol–water partition coefficient (Wildman–Crippen LogP) is 4.30. The van der Waals surface area contributed by atoms with Crippen molar-refractivity contribution < 1.29 is 32.1 Å². The summed E-state index contributed by atoms with van der Waals surface area (Å²) < 4.78 is 62.7. The van der Waals surface area contributed by atoms with Gasteiger partial charge in [-0.2, -0.15) is 13.2 Å². The van der Waals surface area contributed by atoms with E-state index < -0.39 is 30.6 Å². The van der Waals surface area contributed by atoms with Gasteiger partial charge in [-0.1, -0.05) is 31.9 Å². The number of hydrogen-bond acceptors (Lipinski definition) is 4. The fourth-order valence-electron chi connectivity index (χ4n) is 3.94. The molecule has 150 valence electrons. The van der Waals surface area contributed by atoms with Crippen LogP contribution in [-0.2, 0) is 18.9 Å². The Labute approximate surface area is 153 Å². The monoisotopic (exact) mass is 378 g/mol. The van der Waals surface area contributed by atoms with Crippen LogP contribution >= 0.6 is 0 Å². The van der Waals surface area contributed by atoms with E-state index in [4.69, 9.17) is 18.9 Å². The van der Waals surface area contributed by atoms with E-state index in [1.54, 1.807) is 6.08 Å². The first kappa shape index (κ1) is 20.1. The number of unbranched alkanes of at least 4 members (excludes halogenated alkanes) is 1. The largest absolute Gasteiger partial charge is 0.395 e. The summed E-state index contributed by atoms with van der Waals surface area (Å²) in [7, 11) is 0. The molecule has 0 bridgehead atoms. The van der Waals surface area contributed by atoms with Crippen molar-refractivity contribution in [3.63, 3.8) is 0 Å². The first-order valence-corrected chi connectivity index (χ1v) is 9.68. The van der Waals surface area contributed by atoms with Gasteiger partial charge in [-0.15, -0.1) is 0 Å². The SMILES string of the molecule is CCCCC1COC(C2COC(C3CCC=CC3C(F)(F)F)OC2)OC1. The van der Waals surface area contributed by atoms with Gasteiger partial charge in [-0.3, -0.25) is 0 Å². The summed E-state index contributed by atoms with van der Waals surface area (Å²) in [5.74, 6) is -1.86. The molecule has 2 heterocycles. The Bertz CT molecular complexity index is 452. The second kappa shape index (κ2) is 9.04. The van der Waals surface area contributed by atoms with E-state index >= 15 is 0 Å². The molecule has 3 aliphatic rings. The van der Waals surface area contributed by atoms with Crippen molar-refractivity contribution in [1.29, 1.82) is 0 Å². The average molecular weight is 378 g/mol. The topological polar surface area (TPSA) is 36.9 Å². The van der Waals surface area contributed by atoms with Gasteiger partial charge in [-0.25, -0.2) is 0 Å². The van der Waals surface area contributed by atoms with Crippen LogP contribution in [0, 0.1) is 23.7 Å². The third-order valence-corrected chi connectivity index (χ3v) is 5.49. The molecule has 1 aliphatic carbocycles. The minimum atomic E-state index is -4.27. The molecule has 0 aromatic carbocycles. The number of rotatable bonds is 5. The maximum absolute atomic E-state index is 13.2. The fraction of sp³-hybridized carbons (Fsp3) is 0.895. The van der Waals surface area contributed by atoms with Crippen LogP contribution in [-0.4, -0.2) is 45.2 Å². The summed E-state index contributed by atoms with van der Waals surface area (Å²) in [6.45, 7) is 4.09. The number of alkyl halides is 3. The van der Waals surface area contributed by atoms with Crippen molar-refractivity contribution in [3.05, 3.63) is 12.2 Å². The molecule has 0 saturated carbocycles. The lowest BCUT2D eigenvalue weighted by molar-refractivity contribution is -0.301. The second-order valence-electron chi connectivity index (χ2n) is 7.58. The fourth-order valence-corrected chi connectivity index (χ4v) is 3.94. The zero-order valence-corrected chi connectivity index (χ0v) is 15.2. The molecule has 2 aliphatic heterocycles. The van der Waals surface area contributed by atoms with Crippen LogP contribution in [0.3, 0.4) is 0 Å². The Balaban J connectivity index is 1.46. The molecule has 4 nitrogen and oxygen atoms in total. The predicted molar refractivity (Wildman–Crippen MR) is 89.3 cm³/mol. The Kier molecular flexibility index (Phi) is 6.99. The lowest BCUT2D eigenvalue weighted by Crippen LogP contribution is -2.48. The van der Waals surface area contributed by atoms with E-state index in [1.807, 2.05) is 0 Å². The minimum absolute atomic E-state index is 0.0955. The van der Waals surface area contributed by atoms with Gasteiger partial charge in [0, 0.05) is 11.8 Å². The van der Waals surface area contributed by atoms with Crippen molar-refractivity contribution in [2.45, 2.75) is 57.8 Å². The summed E-state index contributed by atoms with van der Waals surface area (Å²) in [6.07, 6.45) is 1.82. The highest BCUT2D eigenvalue weighted by Gasteiger charge is 2.48. The van der Waals surface area contributed by atoms with Crippen LogP contribution in [0.15, 0.2) is 12.2 Å². The van der Waals surface area contributed by atoms with Crippen LogP contribution in [0.1, 0.15) is 39.0 Å². The maximum atomic E-state index is 13.2. The molecule has 0 spiro atoms. The second-order valence-corrected chi connectivity index (χ2v) is 7.58. The molecule has 3 rings (SSSR count). The molecule has 2 fully saturated rings. The Hall–Kier alpha value is -0.630. The van der Waals surface area contributed by atoms with Crippen LogP contribution < -0.4 is 0 Å². The van der Waals surface area contributed by atoms with Crippen molar-refractivity contribution >= 4 is 0 Å². The smallest absolute Gasteiger partial charge is 0.352 e. The van der Waals surface area contributed by atoms with Gasteiger partial charge in [0.05, 0.1) is 38.3 Å². The van der Waals surface area contributed by atoms with E-state index in [0.717, 1.165) is 19.3 Å². The lowest BCUT2D eigenvalue weighted by atomic mass is 9.82. The van der Waals surface area contributed by atoms with Gasteiger partial charge < -0.3 is 18.9 Å². The van der Waals surface area contributed by atoms with Gasteiger partial charge in [0.2, 0.25) is 0 Å². The minimum Gasteiger partial charge on any atom is -0.352 e.